The zero-order chi connectivity index (χ0) is 21.3. The Kier molecular flexibility index (Phi) is 5.67. The van der Waals surface area contributed by atoms with Crippen LogP contribution in [0, 0.1) is 20.8 Å². The molecule has 3 aromatic rings. The number of aromatic nitrogens is 3. The van der Waals surface area contributed by atoms with Crippen molar-refractivity contribution in [2.24, 2.45) is 0 Å². The highest BCUT2D eigenvalue weighted by atomic mass is 16.5. The number of ether oxygens (including phenoxy) is 1. The largest absolute Gasteiger partial charge is 0.368 e. The molecule has 1 aliphatic heterocycles. The highest BCUT2D eigenvalue weighted by Gasteiger charge is 2.28. The van der Waals surface area contributed by atoms with Crippen LogP contribution in [0.3, 0.4) is 0 Å². The van der Waals surface area contributed by atoms with Crippen molar-refractivity contribution in [1.82, 2.24) is 20.2 Å². The molecule has 1 atom stereocenters. The van der Waals surface area contributed by atoms with Crippen LogP contribution in [0.25, 0.3) is 11.3 Å². The lowest BCUT2D eigenvalue weighted by atomic mass is 10.1. The summed E-state index contributed by atoms with van der Waals surface area (Å²) in [6, 6.07) is 5.84. The lowest BCUT2D eigenvalue weighted by Gasteiger charge is -2.33. The molecule has 1 fully saturated rings. The van der Waals surface area contributed by atoms with E-state index in [0.29, 0.717) is 25.5 Å². The van der Waals surface area contributed by atoms with E-state index in [1.807, 2.05) is 50.8 Å². The molecule has 1 aliphatic rings. The standard InChI is InChI=1S/C22H26N4O4/c1-5-19-22(14(3)25-30-19)18-8-6-7-17(23-18)20-12-26(9-10-28-20)21(27)11-16-13(2)24-29-15(16)4/h6-8,20H,5,9-12H2,1-4H3. The molecule has 0 radical (unpaired) electrons. The molecule has 0 N–H and O–H groups in total. The summed E-state index contributed by atoms with van der Waals surface area (Å²) in [5.41, 5.74) is 4.98. The van der Waals surface area contributed by atoms with Crippen molar-refractivity contribution in [3.8, 4) is 11.3 Å². The molecule has 30 heavy (non-hydrogen) atoms. The molecule has 0 spiro atoms. The molecule has 158 valence electrons. The lowest BCUT2D eigenvalue weighted by Crippen LogP contribution is -2.43. The van der Waals surface area contributed by atoms with Gasteiger partial charge in [-0.25, -0.2) is 4.98 Å². The SMILES string of the molecule is CCc1onc(C)c1-c1cccc(C2CN(C(=O)Cc3c(C)noc3C)CCO2)n1. The summed E-state index contributed by atoms with van der Waals surface area (Å²) in [6.07, 6.45) is 0.741. The Morgan fingerprint density at radius 1 is 1.17 bits per heavy atom. The second-order valence-electron chi connectivity index (χ2n) is 7.55. The van der Waals surface area contributed by atoms with Crippen molar-refractivity contribution in [3.05, 3.63) is 52.4 Å². The number of morpholine rings is 1. The van der Waals surface area contributed by atoms with Crippen LogP contribution in [0.1, 0.15) is 47.2 Å². The van der Waals surface area contributed by atoms with Gasteiger partial charge in [-0.15, -0.1) is 0 Å². The first-order chi connectivity index (χ1) is 14.5. The van der Waals surface area contributed by atoms with E-state index < -0.39 is 0 Å². The van der Waals surface area contributed by atoms with E-state index in [1.165, 1.54) is 0 Å². The van der Waals surface area contributed by atoms with Gasteiger partial charge >= 0.3 is 0 Å². The van der Waals surface area contributed by atoms with Crippen molar-refractivity contribution in [1.29, 1.82) is 0 Å². The van der Waals surface area contributed by atoms with Gasteiger partial charge in [0.2, 0.25) is 5.91 Å². The number of carbonyl (C=O) groups excluding carboxylic acids is 1. The fourth-order valence-corrected chi connectivity index (χ4v) is 3.83. The number of amides is 1. The van der Waals surface area contributed by atoms with Crippen molar-refractivity contribution >= 4 is 5.91 Å². The average molecular weight is 410 g/mol. The summed E-state index contributed by atoms with van der Waals surface area (Å²) in [6.45, 7) is 9.12. The smallest absolute Gasteiger partial charge is 0.227 e. The normalized spacial score (nSPS) is 16.8. The van der Waals surface area contributed by atoms with Crippen molar-refractivity contribution in [2.45, 2.75) is 46.6 Å². The first kappa shape index (κ1) is 20.3. The van der Waals surface area contributed by atoms with E-state index in [9.17, 15) is 4.79 Å². The fraction of sp³-hybridized carbons (Fsp3) is 0.455. The summed E-state index contributed by atoms with van der Waals surface area (Å²) >= 11 is 0. The van der Waals surface area contributed by atoms with E-state index in [4.69, 9.17) is 18.8 Å². The monoisotopic (exact) mass is 410 g/mol. The van der Waals surface area contributed by atoms with Gasteiger partial charge in [-0.1, -0.05) is 23.3 Å². The molecule has 1 saturated heterocycles. The highest BCUT2D eigenvalue weighted by molar-refractivity contribution is 5.79. The number of rotatable bonds is 5. The maximum atomic E-state index is 12.9. The summed E-state index contributed by atoms with van der Waals surface area (Å²) in [7, 11) is 0. The Hall–Kier alpha value is -3.00. The van der Waals surface area contributed by atoms with Crippen LogP contribution in [0.5, 0.6) is 0 Å². The minimum atomic E-state index is -0.280. The number of aryl methyl sites for hydroxylation is 4. The summed E-state index contributed by atoms with van der Waals surface area (Å²) in [4.78, 5) is 19.5. The van der Waals surface area contributed by atoms with Crippen LogP contribution in [0.15, 0.2) is 27.2 Å². The molecular weight excluding hydrogens is 384 g/mol. The lowest BCUT2D eigenvalue weighted by molar-refractivity contribution is -0.138. The molecule has 0 saturated carbocycles. The fourth-order valence-electron chi connectivity index (χ4n) is 3.83. The topological polar surface area (TPSA) is 94.5 Å². The maximum Gasteiger partial charge on any atom is 0.227 e. The number of hydrogen-bond donors (Lipinski definition) is 0. The molecule has 4 heterocycles. The van der Waals surface area contributed by atoms with Crippen LogP contribution in [0.4, 0.5) is 0 Å². The first-order valence-electron chi connectivity index (χ1n) is 10.2. The van der Waals surface area contributed by atoms with Gasteiger partial charge in [0, 0.05) is 18.5 Å². The van der Waals surface area contributed by atoms with Crippen LogP contribution >= 0.6 is 0 Å². The van der Waals surface area contributed by atoms with E-state index in [1.54, 1.807) is 0 Å². The third kappa shape index (κ3) is 3.87. The number of carbonyl (C=O) groups is 1. The molecule has 8 heteroatoms. The zero-order valence-corrected chi connectivity index (χ0v) is 17.8. The van der Waals surface area contributed by atoms with Crippen LogP contribution in [-0.4, -0.2) is 45.8 Å². The van der Waals surface area contributed by atoms with Crippen molar-refractivity contribution in [3.63, 3.8) is 0 Å². The van der Waals surface area contributed by atoms with Crippen molar-refractivity contribution in [2.75, 3.05) is 19.7 Å². The third-order valence-corrected chi connectivity index (χ3v) is 5.54. The van der Waals surface area contributed by atoms with Crippen LogP contribution < -0.4 is 0 Å². The molecule has 8 nitrogen and oxygen atoms in total. The highest BCUT2D eigenvalue weighted by Crippen LogP contribution is 2.29. The van der Waals surface area contributed by atoms with Gasteiger partial charge in [-0.3, -0.25) is 4.79 Å². The van der Waals surface area contributed by atoms with E-state index in [-0.39, 0.29) is 18.4 Å². The molecule has 3 aromatic heterocycles. The number of nitrogens with zero attached hydrogens (tertiary/aromatic N) is 4. The predicted octanol–water partition coefficient (Wildman–Crippen LogP) is 3.35. The van der Waals surface area contributed by atoms with Gasteiger partial charge < -0.3 is 18.7 Å². The minimum absolute atomic E-state index is 0.0389. The van der Waals surface area contributed by atoms with E-state index in [0.717, 1.165) is 46.1 Å². The molecule has 0 aliphatic carbocycles. The molecule has 1 unspecified atom stereocenters. The van der Waals surface area contributed by atoms with E-state index in [2.05, 4.69) is 10.3 Å². The quantitative estimate of drug-likeness (QED) is 0.636. The van der Waals surface area contributed by atoms with Gasteiger partial charge in [-0.05, 0) is 32.9 Å². The number of hydrogen-bond acceptors (Lipinski definition) is 7. The van der Waals surface area contributed by atoms with Crippen LogP contribution in [-0.2, 0) is 22.4 Å². The maximum absolute atomic E-state index is 12.9. The summed E-state index contributed by atoms with van der Waals surface area (Å²) in [5.74, 6) is 1.55. The van der Waals surface area contributed by atoms with Gasteiger partial charge in [0.1, 0.15) is 17.6 Å². The van der Waals surface area contributed by atoms with Gasteiger partial charge in [0.15, 0.2) is 0 Å². The van der Waals surface area contributed by atoms with Gasteiger partial charge in [0.05, 0.1) is 47.9 Å². The third-order valence-electron chi connectivity index (χ3n) is 5.54. The molecule has 4 rings (SSSR count). The Morgan fingerprint density at radius 2 is 1.97 bits per heavy atom. The molecular formula is C22H26N4O4. The average Bonchev–Trinajstić information content (AvgIpc) is 3.30. The zero-order valence-electron chi connectivity index (χ0n) is 17.8. The summed E-state index contributed by atoms with van der Waals surface area (Å²) < 4.78 is 16.6. The minimum Gasteiger partial charge on any atom is -0.368 e. The molecule has 0 aromatic carbocycles. The number of pyridine rings is 1. The second kappa shape index (κ2) is 8.39. The van der Waals surface area contributed by atoms with Gasteiger partial charge in [0.25, 0.3) is 0 Å². The Labute approximate surface area is 175 Å². The Balaban J connectivity index is 1.52. The molecule has 0 bridgehead atoms. The first-order valence-corrected chi connectivity index (χ1v) is 10.2. The van der Waals surface area contributed by atoms with Crippen molar-refractivity contribution < 1.29 is 18.6 Å². The van der Waals surface area contributed by atoms with Crippen LogP contribution in [0.2, 0.25) is 0 Å². The molecule has 1 amide bonds. The second-order valence-corrected chi connectivity index (χ2v) is 7.55. The van der Waals surface area contributed by atoms with E-state index >= 15 is 0 Å². The Morgan fingerprint density at radius 3 is 2.70 bits per heavy atom. The Bertz CT molecular complexity index is 1040. The summed E-state index contributed by atoms with van der Waals surface area (Å²) in [5, 5.41) is 8.02. The van der Waals surface area contributed by atoms with Gasteiger partial charge in [-0.2, -0.15) is 0 Å². The predicted molar refractivity (Wildman–Crippen MR) is 109 cm³/mol.